The van der Waals surface area contributed by atoms with Gasteiger partial charge in [-0.1, -0.05) is 22.0 Å². The molecule has 0 saturated heterocycles. The van der Waals surface area contributed by atoms with Crippen molar-refractivity contribution in [2.24, 2.45) is 12.8 Å². The average molecular weight is 280 g/mol. The fraction of sp³-hybridized carbons (Fsp3) is 0.250. The van der Waals surface area contributed by atoms with Gasteiger partial charge in [-0.2, -0.15) is 0 Å². The molecule has 84 valence electrons. The summed E-state index contributed by atoms with van der Waals surface area (Å²) in [6.07, 6.45) is 1.80. The van der Waals surface area contributed by atoms with Gasteiger partial charge in [0.15, 0.2) is 0 Å². The van der Waals surface area contributed by atoms with Crippen molar-refractivity contribution >= 4 is 15.9 Å². The molecule has 0 fully saturated rings. The molecule has 0 radical (unpaired) electrons. The van der Waals surface area contributed by atoms with Crippen molar-refractivity contribution in [2.75, 3.05) is 0 Å². The Morgan fingerprint density at radius 3 is 2.88 bits per heavy atom. The summed E-state index contributed by atoms with van der Waals surface area (Å²) in [6, 6.07) is 6.19. The van der Waals surface area contributed by atoms with Crippen LogP contribution < -0.4 is 5.73 Å². The van der Waals surface area contributed by atoms with Crippen LogP contribution in [-0.4, -0.2) is 9.55 Å². The summed E-state index contributed by atoms with van der Waals surface area (Å²) < 4.78 is 3.03. The van der Waals surface area contributed by atoms with Crippen molar-refractivity contribution in [1.82, 2.24) is 9.55 Å². The van der Waals surface area contributed by atoms with Gasteiger partial charge in [0.1, 0.15) is 0 Å². The van der Waals surface area contributed by atoms with Gasteiger partial charge in [0, 0.05) is 23.6 Å². The Bertz CT molecular complexity index is 517. The van der Waals surface area contributed by atoms with Gasteiger partial charge in [-0.3, -0.25) is 0 Å². The molecule has 2 aromatic rings. The number of nitrogens with zero attached hydrogens (tertiary/aromatic N) is 2. The van der Waals surface area contributed by atoms with Gasteiger partial charge in [-0.05, 0) is 24.6 Å². The molecule has 1 heterocycles. The van der Waals surface area contributed by atoms with Crippen LogP contribution >= 0.6 is 15.9 Å². The number of imidazole rings is 1. The summed E-state index contributed by atoms with van der Waals surface area (Å²) in [5.74, 6) is 0. The van der Waals surface area contributed by atoms with Crippen LogP contribution in [0, 0.1) is 6.92 Å². The van der Waals surface area contributed by atoms with Crippen LogP contribution in [0.25, 0.3) is 11.3 Å². The van der Waals surface area contributed by atoms with Crippen molar-refractivity contribution in [3.05, 3.63) is 40.3 Å². The van der Waals surface area contributed by atoms with Gasteiger partial charge in [0.05, 0.1) is 17.7 Å². The Morgan fingerprint density at radius 1 is 1.44 bits per heavy atom. The summed E-state index contributed by atoms with van der Waals surface area (Å²) in [7, 11) is 1.96. The molecule has 0 unspecified atom stereocenters. The molecule has 0 bridgehead atoms. The van der Waals surface area contributed by atoms with E-state index in [0.29, 0.717) is 6.54 Å². The largest absolute Gasteiger partial charge is 0.336 e. The van der Waals surface area contributed by atoms with Crippen LogP contribution in [0.2, 0.25) is 0 Å². The maximum Gasteiger partial charge on any atom is 0.0953 e. The first-order valence-corrected chi connectivity index (χ1v) is 5.89. The lowest BCUT2D eigenvalue weighted by molar-refractivity contribution is 0.821. The van der Waals surface area contributed by atoms with E-state index < -0.39 is 0 Å². The number of rotatable bonds is 2. The maximum atomic E-state index is 5.75. The Labute approximate surface area is 103 Å². The summed E-state index contributed by atoms with van der Waals surface area (Å²) in [4.78, 5) is 4.42. The second-order valence-electron chi connectivity index (χ2n) is 3.81. The van der Waals surface area contributed by atoms with Crippen LogP contribution in [0.15, 0.2) is 29.0 Å². The third-order valence-corrected chi connectivity index (χ3v) is 3.20. The lowest BCUT2D eigenvalue weighted by Crippen LogP contribution is -2.04. The van der Waals surface area contributed by atoms with Crippen molar-refractivity contribution < 1.29 is 0 Å². The molecule has 0 aliphatic rings. The SMILES string of the molecule is Cc1ccc(Br)cc1-c1ncn(C)c1CN. The molecule has 0 atom stereocenters. The molecular weight excluding hydrogens is 266 g/mol. The maximum absolute atomic E-state index is 5.75. The molecule has 1 aromatic heterocycles. The Kier molecular flexibility index (Phi) is 3.12. The number of hydrogen-bond acceptors (Lipinski definition) is 2. The van der Waals surface area contributed by atoms with Crippen LogP contribution in [0.1, 0.15) is 11.3 Å². The minimum Gasteiger partial charge on any atom is -0.336 e. The average Bonchev–Trinajstić information content (AvgIpc) is 2.63. The zero-order valence-electron chi connectivity index (χ0n) is 9.37. The normalized spacial score (nSPS) is 10.8. The first-order chi connectivity index (χ1) is 7.63. The molecule has 3 nitrogen and oxygen atoms in total. The van der Waals surface area contributed by atoms with E-state index in [0.717, 1.165) is 21.4 Å². The monoisotopic (exact) mass is 279 g/mol. The van der Waals surface area contributed by atoms with Gasteiger partial charge in [-0.15, -0.1) is 0 Å². The highest BCUT2D eigenvalue weighted by Gasteiger charge is 2.11. The molecule has 0 aliphatic heterocycles. The predicted molar refractivity (Wildman–Crippen MR) is 69.0 cm³/mol. The zero-order valence-corrected chi connectivity index (χ0v) is 11.0. The number of benzene rings is 1. The molecule has 2 N–H and O–H groups in total. The number of nitrogens with two attached hydrogens (primary N) is 1. The minimum atomic E-state index is 0.498. The van der Waals surface area contributed by atoms with Crippen LogP contribution in [0.5, 0.6) is 0 Å². The molecule has 1 aromatic carbocycles. The lowest BCUT2D eigenvalue weighted by atomic mass is 10.0. The Morgan fingerprint density at radius 2 is 2.19 bits per heavy atom. The molecule has 0 spiro atoms. The van der Waals surface area contributed by atoms with E-state index in [2.05, 4.69) is 40.0 Å². The first-order valence-electron chi connectivity index (χ1n) is 5.10. The number of aryl methyl sites for hydroxylation is 2. The third kappa shape index (κ3) is 1.90. The Balaban J connectivity index is 2.62. The van der Waals surface area contributed by atoms with E-state index in [-0.39, 0.29) is 0 Å². The minimum absolute atomic E-state index is 0.498. The van der Waals surface area contributed by atoms with Gasteiger partial charge >= 0.3 is 0 Å². The fourth-order valence-electron chi connectivity index (χ4n) is 1.77. The van der Waals surface area contributed by atoms with Crippen LogP contribution in [0.4, 0.5) is 0 Å². The summed E-state index contributed by atoms with van der Waals surface area (Å²) in [5.41, 5.74) is 10.1. The smallest absolute Gasteiger partial charge is 0.0953 e. The van der Waals surface area contributed by atoms with E-state index in [1.165, 1.54) is 5.56 Å². The highest BCUT2D eigenvalue weighted by atomic mass is 79.9. The second kappa shape index (κ2) is 4.39. The Hall–Kier alpha value is -1.13. The van der Waals surface area contributed by atoms with Gasteiger partial charge < -0.3 is 10.3 Å². The number of halogens is 1. The number of aromatic nitrogens is 2. The topological polar surface area (TPSA) is 43.8 Å². The van der Waals surface area contributed by atoms with Crippen molar-refractivity contribution in [1.29, 1.82) is 0 Å². The van der Waals surface area contributed by atoms with E-state index in [1.807, 2.05) is 17.7 Å². The first kappa shape index (κ1) is 11.4. The number of hydrogen-bond donors (Lipinski definition) is 1. The molecular formula is C12H14BrN3. The molecule has 0 aliphatic carbocycles. The van der Waals surface area contributed by atoms with E-state index in [1.54, 1.807) is 6.33 Å². The van der Waals surface area contributed by atoms with Gasteiger partial charge in [-0.25, -0.2) is 4.98 Å². The van der Waals surface area contributed by atoms with Gasteiger partial charge in [0.25, 0.3) is 0 Å². The molecule has 2 rings (SSSR count). The zero-order chi connectivity index (χ0) is 11.7. The summed E-state index contributed by atoms with van der Waals surface area (Å²) in [6.45, 7) is 2.58. The van der Waals surface area contributed by atoms with E-state index in [4.69, 9.17) is 5.73 Å². The van der Waals surface area contributed by atoms with E-state index >= 15 is 0 Å². The highest BCUT2D eigenvalue weighted by Crippen LogP contribution is 2.27. The third-order valence-electron chi connectivity index (χ3n) is 2.71. The molecule has 4 heteroatoms. The van der Waals surface area contributed by atoms with Crippen molar-refractivity contribution in [3.63, 3.8) is 0 Å². The van der Waals surface area contributed by atoms with Crippen molar-refractivity contribution in [3.8, 4) is 11.3 Å². The van der Waals surface area contributed by atoms with Gasteiger partial charge in [0.2, 0.25) is 0 Å². The highest BCUT2D eigenvalue weighted by molar-refractivity contribution is 9.10. The molecule has 0 saturated carbocycles. The molecule has 0 amide bonds. The second-order valence-corrected chi connectivity index (χ2v) is 4.73. The summed E-state index contributed by atoms with van der Waals surface area (Å²) in [5, 5.41) is 0. The van der Waals surface area contributed by atoms with Crippen LogP contribution in [-0.2, 0) is 13.6 Å². The molecule has 16 heavy (non-hydrogen) atoms. The quantitative estimate of drug-likeness (QED) is 0.919. The predicted octanol–water partition coefficient (Wildman–Crippen LogP) is 2.62. The fourth-order valence-corrected chi connectivity index (χ4v) is 2.13. The summed E-state index contributed by atoms with van der Waals surface area (Å²) >= 11 is 3.48. The van der Waals surface area contributed by atoms with E-state index in [9.17, 15) is 0 Å². The lowest BCUT2D eigenvalue weighted by Gasteiger charge is -2.07. The van der Waals surface area contributed by atoms with Crippen molar-refractivity contribution in [2.45, 2.75) is 13.5 Å². The van der Waals surface area contributed by atoms with Crippen LogP contribution in [0.3, 0.4) is 0 Å². The standard InChI is InChI=1S/C12H14BrN3/c1-8-3-4-9(13)5-10(8)12-11(6-14)16(2)7-15-12/h3-5,7H,6,14H2,1-2H3.